The molecule has 29 heavy (non-hydrogen) atoms. The number of aliphatic imine (C=N–C) groups is 1. The molecule has 0 amide bonds. The molecule has 1 heterocycles. The van der Waals surface area contributed by atoms with E-state index in [1.165, 1.54) is 0 Å². The Kier molecular flexibility index (Phi) is 5.33. The first kappa shape index (κ1) is 19.2. The maximum absolute atomic E-state index is 11.1. The molecule has 0 aromatic heterocycles. The highest BCUT2D eigenvalue weighted by Gasteiger charge is 2.28. The molecule has 1 N–H and O–H groups in total. The van der Waals surface area contributed by atoms with Gasteiger partial charge in [0.25, 0.3) is 10.1 Å². The molecule has 7 heteroatoms. The van der Waals surface area contributed by atoms with Crippen LogP contribution in [0.15, 0.2) is 83.7 Å². The second-order valence-electron chi connectivity index (χ2n) is 6.65. The molecule has 0 unspecified atom stereocenters. The molecule has 4 rings (SSSR count). The summed E-state index contributed by atoms with van der Waals surface area (Å²) in [7, 11) is -4.02. The van der Waals surface area contributed by atoms with Gasteiger partial charge in [-0.05, 0) is 30.0 Å². The lowest BCUT2D eigenvalue weighted by atomic mass is 10.1. The molecule has 6 nitrogen and oxygen atoms in total. The number of hydrogen-bond acceptors (Lipinski definition) is 5. The molecule has 0 saturated heterocycles. The fraction of sp³-hybridized carbons (Fsp3) is 0.136. The van der Waals surface area contributed by atoms with Gasteiger partial charge in [0.1, 0.15) is 0 Å². The standard InChI is InChI=1S/C22H20N2O4S/c25-29(26,27)16-6-15-24-21(13-14-23-18-8-2-1-3-9-18)28-20-12-11-17-7-4-5-10-19(17)22(20)24/h1-5,7-14H,6,15-16H2,(H,25,26,27)/b21-13-,23-14?. The van der Waals surface area contributed by atoms with Gasteiger partial charge in [-0.2, -0.15) is 8.42 Å². The van der Waals surface area contributed by atoms with Crippen molar-refractivity contribution in [2.24, 2.45) is 4.99 Å². The second kappa shape index (κ2) is 8.06. The maximum Gasteiger partial charge on any atom is 0.264 e. The zero-order chi connectivity index (χ0) is 20.3. The predicted octanol–water partition coefficient (Wildman–Crippen LogP) is 4.56. The van der Waals surface area contributed by atoms with Gasteiger partial charge in [0.2, 0.25) is 5.88 Å². The Morgan fingerprint density at radius 2 is 1.76 bits per heavy atom. The molecule has 1 aliphatic rings. The van der Waals surface area contributed by atoms with Gasteiger partial charge in [0.05, 0.1) is 17.1 Å². The van der Waals surface area contributed by atoms with Crippen molar-refractivity contribution in [3.63, 3.8) is 0 Å². The van der Waals surface area contributed by atoms with Crippen LogP contribution in [0.3, 0.4) is 0 Å². The molecule has 0 radical (unpaired) electrons. The van der Waals surface area contributed by atoms with E-state index in [0.29, 0.717) is 18.2 Å². The van der Waals surface area contributed by atoms with Crippen LogP contribution in [0.5, 0.6) is 5.75 Å². The number of ether oxygens (including phenoxy) is 1. The van der Waals surface area contributed by atoms with Crippen molar-refractivity contribution in [1.82, 2.24) is 0 Å². The second-order valence-corrected chi connectivity index (χ2v) is 8.22. The first-order chi connectivity index (χ1) is 14.0. The Bertz CT molecular complexity index is 1190. The first-order valence-electron chi connectivity index (χ1n) is 9.23. The van der Waals surface area contributed by atoms with E-state index in [9.17, 15) is 8.42 Å². The van der Waals surface area contributed by atoms with E-state index in [0.717, 1.165) is 22.1 Å². The minimum Gasteiger partial charge on any atom is -0.439 e. The molecule has 0 spiro atoms. The summed E-state index contributed by atoms with van der Waals surface area (Å²) in [5, 5.41) is 2.08. The number of anilines is 1. The Morgan fingerprint density at radius 3 is 2.55 bits per heavy atom. The van der Waals surface area contributed by atoms with E-state index >= 15 is 0 Å². The Balaban J connectivity index is 1.67. The van der Waals surface area contributed by atoms with Crippen LogP contribution < -0.4 is 9.64 Å². The molecule has 0 saturated carbocycles. The van der Waals surface area contributed by atoms with Crippen LogP contribution in [0.25, 0.3) is 10.8 Å². The Morgan fingerprint density at radius 1 is 1.00 bits per heavy atom. The van der Waals surface area contributed by atoms with Crippen LogP contribution in [0.1, 0.15) is 6.42 Å². The summed E-state index contributed by atoms with van der Waals surface area (Å²) >= 11 is 0. The van der Waals surface area contributed by atoms with Crippen molar-refractivity contribution in [3.05, 3.63) is 78.7 Å². The van der Waals surface area contributed by atoms with E-state index in [1.807, 2.05) is 71.6 Å². The summed E-state index contributed by atoms with van der Waals surface area (Å²) in [6.45, 7) is 0.381. The van der Waals surface area contributed by atoms with Crippen LogP contribution in [-0.2, 0) is 10.1 Å². The molecule has 3 aromatic carbocycles. The number of para-hydroxylation sites is 1. The fourth-order valence-electron chi connectivity index (χ4n) is 3.33. The minimum absolute atomic E-state index is 0.262. The smallest absolute Gasteiger partial charge is 0.264 e. The molecule has 0 aliphatic carbocycles. The molecule has 1 aliphatic heterocycles. The SMILES string of the molecule is O=S(=O)(O)CCCN1/C(=C/C=Nc2ccccc2)Oc2ccc3ccccc3c21. The number of nitrogens with zero attached hydrogens (tertiary/aromatic N) is 2. The van der Waals surface area contributed by atoms with Crippen LogP contribution in [0.4, 0.5) is 11.4 Å². The number of fused-ring (bicyclic) bond motifs is 3. The summed E-state index contributed by atoms with van der Waals surface area (Å²) in [5.74, 6) is 0.955. The number of rotatable bonds is 6. The Labute approximate surface area is 169 Å². The zero-order valence-electron chi connectivity index (χ0n) is 15.6. The van der Waals surface area contributed by atoms with Crippen molar-refractivity contribution >= 4 is 38.5 Å². The first-order valence-corrected chi connectivity index (χ1v) is 10.8. The third kappa shape index (κ3) is 4.47. The van der Waals surface area contributed by atoms with E-state index in [1.54, 1.807) is 12.3 Å². The largest absolute Gasteiger partial charge is 0.439 e. The molecule has 0 fully saturated rings. The molecule has 148 valence electrons. The van der Waals surface area contributed by atoms with Crippen LogP contribution in [0, 0.1) is 0 Å². The summed E-state index contributed by atoms with van der Waals surface area (Å²) < 4.78 is 37.4. The summed E-state index contributed by atoms with van der Waals surface area (Å²) in [6, 6.07) is 21.4. The number of hydrogen-bond donors (Lipinski definition) is 1. The number of benzene rings is 3. The fourth-order valence-corrected chi connectivity index (χ4v) is 3.82. The average Bonchev–Trinajstić information content (AvgIpc) is 3.06. The maximum atomic E-state index is 11.1. The zero-order valence-corrected chi connectivity index (χ0v) is 16.4. The highest BCUT2D eigenvalue weighted by Crippen LogP contribution is 2.44. The highest BCUT2D eigenvalue weighted by atomic mass is 32.2. The monoisotopic (exact) mass is 408 g/mol. The van der Waals surface area contributed by atoms with Gasteiger partial charge in [-0.25, -0.2) is 0 Å². The van der Waals surface area contributed by atoms with E-state index in [4.69, 9.17) is 9.29 Å². The normalized spacial score (nSPS) is 15.2. The average molecular weight is 408 g/mol. The number of allylic oxidation sites excluding steroid dienone is 1. The van der Waals surface area contributed by atoms with Gasteiger partial charge in [-0.15, -0.1) is 0 Å². The minimum atomic E-state index is -4.02. The van der Waals surface area contributed by atoms with Crippen molar-refractivity contribution in [2.45, 2.75) is 6.42 Å². The lowest BCUT2D eigenvalue weighted by Gasteiger charge is -2.19. The van der Waals surface area contributed by atoms with Crippen molar-refractivity contribution in [3.8, 4) is 5.75 Å². The molecular weight excluding hydrogens is 388 g/mol. The van der Waals surface area contributed by atoms with Crippen LogP contribution in [0.2, 0.25) is 0 Å². The molecule has 0 bridgehead atoms. The summed E-state index contributed by atoms with van der Waals surface area (Å²) in [6.07, 6.45) is 3.68. The van der Waals surface area contributed by atoms with Gasteiger partial charge in [-0.3, -0.25) is 9.55 Å². The van der Waals surface area contributed by atoms with E-state index < -0.39 is 10.1 Å². The van der Waals surface area contributed by atoms with Gasteiger partial charge in [-0.1, -0.05) is 48.5 Å². The van der Waals surface area contributed by atoms with E-state index in [2.05, 4.69) is 4.99 Å². The highest BCUT2D eigenvalue weighted by molar-refractivity contribution is 7.85. The summed E-state index contributed by atoms with van der Waals surface area (Å²) in [4.78, 5) is 6.34. The van der Waals surface area contributed by atoms with Crippen molar-refractivity contribution in [1.29, 1.82) is 0 Å². The molecule has 3 aromatic rings. The Hall–Kier alpha value is -3.16. The molecule has 0 atom stereocenters. The van der Waals surface area contributed by atoms with Gasteiger partial charge in [0.15, 0.2) is 5.75 Å². The van der Waals surface area contributed by atoms with Gasteiger partial charge < -0.3 is 9.64 Å². The van der Waals surface area contributed by atoms with Crippen LogP contribution in [-0.4, -0.2) is 31.5 Å². The predicted molar refractivity (Wildman–Crippen MR) is 116 cm³/mol. The summed E-state index contributed by atoms with van der Waals surface area (Å²) in [5.41, 5.74) is 1.71. The lowest BCUT2D eigenvalue weighted by Crippen LogP contribution is -2.23. The lowest BCUT2D eigenvalue weighted by molar-refractivity contribution is 0.438. The van der Waals surface area contributed by atoms with Crippen LogP contribution >= 0.6 is 0 Å². The van der Waals surface area contributed by atoms with Gasteiger partial charge >= 0.3 is 0 Å². The van der Waals surface area contributed by atoms with Crippen molar-refractivity contribution in [2.75, 3.05) is 17.2 Å². The third-order valence-electron chi connectivity index (χ3n) is 4.59. The van der Waals surface area contributed by atoms with Gasteiger partial charge in [0, 0.05) is 24.2 Å². The topological polar surface area (TPSA) is 79.2 Å². The third-order valence-corrected chi connectivity index (χ3v) is 5.40. The van der Waals surface area contributed by atoms with Crippen molar-refractivity contribution < 1.29 is 17.7 Å². The molecular formula is C22H20N2O4S. The van der Waals surface area contributed by atoms with E-state index in [-0.39, 0.29) is 12.2 Å². The quantitative estimate of drug-likeness (QED) is 0.478.